The molecule has 0 amide bonds. The maximum absolute atomic E-state index is 12.2. The van der Waals surface area contributed by atoms with Crippen LogP contribution in [0.25, 0.3) is 0 Å². The molecule has 0 radical (unpaired) electrons. The summed E-state index contributed by atoms with van der Waals surface area (Å²) < 4.78 is 36.5. The molecule has 1 saturated heterocycles. The van der Waals surface area contributed by atoms with Gasteiger partial charge in [-0.2, -0.15) is 0 Å². The Bertz CT molecular complexity index is 203. The molecular formula is C9H16BF3N-. The molecular weight excluding hydrogens is 190 g/mol. The summed E-state index contributed by atoms with van der Waals surface area (Å²) in [5, 5.41) is 3.37. The molecule has 0 aromatic rings. The molecule has 0 bridgehead atoms. The molecule has 1 heterocycles. The molecule has 0 aromatic carbocycles. The van der Waals surface area contributed by atoms with Gasteiger partial charge >= 0.3 is 6.98 Å². The van der Waals surface area contributed by atoms with E-state index in [0.29, 0.717) is 0 Å². The van der Waals surface area contributed by atoms with Crippen LogP contribution in [-0.4, -0.2) is 19.1 Å². The zero-order valence-electron chi connectivity index (χ0n) is 8.24. The van der Waals surface area contributed by atoms with Gasteiger partial charge in [-0.25, -0.2) is 0 Å². The first-order chi connectivity index (χ1) is 6.49. The van der Waals surface area contributed by atoms with Crippen molar-refractivity contribution in [2.75, 3.05) is 6.54 Å². The van der Waals surface area contributed by atoms with E-state index < -0.39 is 13.3 Å². The SMILES string of the molecule is F[B-](F)(F)CC1CCC2(CCN2)CC1. The van der Waals surface area contributed by atoms with Crippen LogP contribution in [0, 0.1) is 5.92 Å². The zero-order valence-corrected chi connectivity index (χ0v) is 8.24. The Labute approximate surface area is 82.5 Å². The molecule has 0 unspecified atom stereocenters. The third-order valence-corrected chi connectivity index (χ3v) is 3.77. The Hall–Kier alpha value is -0.185. The molecule has 2 aliphatic rings. The van der Waals surface area contributed by atoms with Crippen molar-refractivity contribution >= 4 is 6.98 Å². The third kappa shape index (κ3) is 2.24. The molecule has 2 fully saturated rings. The number of hydrogen-bond donors (Lipinski definition) is 1. The molecule has 0 atom stereocenters. The lowest BCUT2D eigenvalue weighted by Crippen LogP contribution is -2.58. The van der Waals surface area contributed by atoms with Crippen LogP contribution in [-0.2, 0) is 0 Å². The van der Waals surface area contributed by atoms with Crippen LogP contribution in [0.4, 0.5) is 12.9 Å². The third-order valence-electron chi connectivity index (χ3n) is 3.77. The molecule has 5 heteroatoms. The summed E-state index contributed by atoms with van der Waals surface area (Å²) in [5.41, 5.74) is 0.245. The molecule has 1 aliphatic heterocycles. The van der Waals surface area contributed by atoms with Gasteiger partial charge in [0.1, 0.15) is 0 Å². The second-order valence-electron chi connectivity index (χ2n) is 4.85. The summed E-state index contributed by atoms with van der Waals surface area (Å²) in [5.74, 6) is -0.0944. The van der Waals surface area contributed by atoms with Crippen molar-refractivity contribution < 1.29 is 12.9 Å². The van der Waals surface area contributed by atoms with Crippen LogP contribution in [0.2, 0.25) is 6.32 Å². The van der Waals surface area contributed by atoms with Crippen molar-refractivity contribution in [2.45, 2.75) is 44.0 Å². The Morgan fingerprint density at radius 2 is 1.71 bits per heavy atom. The number of nitrogens with one attached hydrogen (secondary N) is 1. The average Bonchev–Trinajstić information content (AvgIpc) is 2.00. The summed E-state index contributed by atoms with van der Waals surface area (Å²) >= 11 is 0. The summed E-state index contributed by atoms with van der Waals surface area (Å²) in [7, 11) is 0. The standard InChI is InChI=1S/C9H16BF3N/c11-10(12,13)7-8-1-3-9(4-2-8)5-6-14-9/h8,14H,1-7H2/q-1. The maximum Gasteiger partial charge on any atom is 0.478 e. The van der Waals surface area contributed by atoms with E-state index in [1.54, 1.807) is 0 Å². The minimum Gasteiger partial charge on any atom is -0.449 e. The topological polar surface area (TPSA) is 12.0 Å². The van der Waals surface area contributed by atoms with Gasteiger partial charge in [0.05, 0.1) is 0 Å². The fourth-order valence-electron chi connectivity index (χ4n) is 2.75. The molecule has 82 valence electrons. The van der Waals surface area contributed by atoms with Gasteiger partial charge in [0.25, 0.3) is 0 Å². The average molecular weight is 206 g/mol. The van der Waals surface area contributed by atoms with E-state index in [-0.39, 0.29) is 11.5 Å². The first kappa shape index (κ1) is 10.3. The minimum absolute atomic E-state index is 0.0944. The Morgan fingerprint density at radius 3 is 2.07 bits per heavy atom. The lowest BCUT2D eigenvalue weighted by Gasteiger charge is -2.48. The fourth-order valence-corrected chi connectivity index (χ4v) is 2.75. The minimum atomic E-state index is -4.57. The number of halogens is 3. The van der Waals surface area contributed by atoms with Crippen LogP contribution < -0.4 is 5.32 Å². The van der Waals surface area contributed by atoms with Gasteiger partial charge < -0.3 is 18.3 Å². The van der Waals surface area contributed by atoms with E-state index in [1.165, 1.54) is 0 Å². The molecule has 14 heavy (non-hydrogen) atoms. The van der Waals surface area contributed by atoms with Gasteiger partial charge in [0.15, 0.2) is 0 Å². The highest BCUT2D eigenvalue weighted by Crippen LogP contribution is 2.41. The van der Waals surface area contributed by atoms with Gasteiger partial charge in [0, 0.05) is 5.54 Å². The van der Waals surface area contributed by atoms with E-state index in [9.17, 15) is 12.9 Å². The second kappa shape index (κ2) is 3.44. The van der Waals surface area contributed by atoms with Crippen molar-refractivity contribution in [1.29, 1.82) is 0 Å². The summed E-state index contributed by atoms with van der Waals surface area (Å²) in [6, 6.07) is 0. The normalized spacial score (nSPS) is 38.4. The summed E-state index contributed by atoms with van der Waals surface area (Å²) in [6.07, 6.45) is 4.06. The molecule has 1 aliphatic carbocycles. The largest absolute Gasteiger partial charge is 0.478 e. The van der Waals surface area contributed by atoms with Crippen molar-refractivity contribution in [2.24, 2.45) is 5.92 Å². The van der Waals surface area contributed by atoms with Crippen LogP contribution in [0.5, 0.6) is 0 Å². The smallest absolute Gasteiger partial charge is 0.449 e. The lowest BCUT2D eigenvalue weighted by atomic mass is 9.66. The fraction of sp³-hybridized carbons (Fsp3) is 1.00. The highest BCUT2D eigenvalue weighted by Gasteiger charge is 2.40. The summed E-state index contributed by atoms with van der Waals surface area (Å²) in [6.45, 7) is -3.52. The van der Waals surface area contributed by atoms with Gasteiger partial charge in [0.2, 0.25) is 0 Å². The summed E-state index contributed by atoms with van der Waals surface area (Å²) in [4.78, 5) is 0. The Kier molecular flexibility index (Phi) is 2.54. The van der Waals surface area contributed by atoms with E-state index in [0.717, 1.165) is 38.6 Å². The van der Waals surface area contributed by atoms with E-state index in [4.69, 9.17) is 0 Å². The van der Waals surface area contributed by atoms with Crippen LogP contribution in [0.15, 0.2) is 0 Å². The molecule has 1 saturated carbocycles. The number of hydrogen-bond acceptors (Lipinski definition) is 1. The van der Waals surface area contributed by atoms with Crippen LogP contribution >= 0.6 is 0 Å². The van der Waals surface area contributed by atoms with Gasteiger partial charge in [-0.05, 0) is 25.8 Å². The molecule has 1 N–H and O–H groups in total. The van der Waals surface area contributed by atoms with Gasteiger partial charge in [-0.3, -0.25) is 0 Å². The van der Waals surface area contributed by atoms with Crippen LogP contribution in [0.3, 0.4) is 0 Å². The van der Waals surface area contributed by atoms with E-state index >= 15 is 0 Å². The maximum atomic E-state index is 12.2. The quantitative estimate of drug-likeness (QED) is 0.685. The molecule has 1 nitrogen and oxygen atoms in total. The molecule has 1 spiro atoms. The predicted molar refractivity (Wildman–Crippen MR) is 51.2 cm³/mol. The molecule has 0 aromatic heterocycles. The highest BCUT2D eigenvalue weighted by molar-refractivity contribution is 6.58. The predicted octanol–water partition coefficient (Wildman–Crippen LogP) is 2.76. The van der Waals surface area contributed by atoms with Crippen LogP contribution in [0.1, 0.15) is 32.1 Å². The monoisotopic (exact) mass is 206 g/mol. The van der Waals surface area contributed by atoms with Gasteiger partial charge in [-0.15, -0.1) is 0 Å². The van der Waals surface area contributed by atoms with Crippen molar-refractivity contribution in [3.8, 4) is 0 Å². The van der Waals surface area contributed by atoms with Crippen molar-refractivity contribution in [3.63, 3.8) is 0 Å². The Morgan fingerprint density at radius 1 is 1.14 bits per heavy atom. The van der Waals surface area contributed by atoms with Crippen molar-refractivity contribution in [3.05, 3.63) is 0 Å². The van der Waals surface area contributed by atoms with Crippen molar-refractivity contribution in [1.82, 2.24) is 5.32 Å². The van der Waals surface area contributed by atoms with E-state index in [1.807, 2.05) is 0 Å². The van der Waals surface area contributed by atoms with E-state index in [2.05, 4.69) is 5.32 Å². The lowest BCUT2D eigenvalue weighted by molar-refractivity contribution is 0.119. The first-order valence-corrected chi connectivity index (χ1v) is 5.45. The Balaban J connectivity index is 1.78. The second-order valence-corrected chi connectivity index (χ2v) is 4.85. The zero-order chi connectivity index (χ0) is 10.2. The first-order valence-electron chi connectivity index (χ1n) is 5.45. The molecule has 2 rings (SSSR count). The highest BCUT2D eigenvalue weighted by atomic mass is 19.4. The van der Waals surface area contributed by atoms with Gasteiger partial charge in [-0.1, -0.05) is 25.1 Å². The number of rotatable bonds is 2.